The minimum atomic E-state index is -0.882. The summed E-state index contributed by atoms with van der Waals surface area (Å²) in [4.78, 5) is 34.9. The number of carbonyl (C=O) groups is 2. The van der Waals surface area contributed by atoms with E-state index in [2.05, 4.69) is 5.32 Å². The molecule has 1 N–H and O–H groups in total. The first-order valence-electron chi connectivity index (χ1n) is 7.34. The average Bonchev–Trinajstić information content (AvgIpc) is 2.65. The van der Waals surface area contributed by atoms with Crippen LogP contribution in [-0.4, -0.2) is 29.7 Å². The first-order valence-corrected chi connectivity index (χ1v) is 8.95. The molecule has 2 aromatic carbocycles. The van der Waals surface area contributed by atoms with Crippen LogP contribution in [0, 0.1) is 21.4 Å². The van der Waals surface area contributed by atoms with Gasteiger partial charge in [-0.3, -0.25) is 14.9 Å². The number of carbonyl (C=O) groups excluding carboxylic acids is 2. The molecule has 0 saturated heterocycles. The molecule has 0 atom stereocenters. The van der Waals surface area contributed by atoms with Crippen LogP contribution in [0.25, 0.3) is 0 Å². The fraction of sp³-hybridized carbons (Fsp3) is 0.118. The number of nitro benzene ring substituents is 1. The molecule has 0 heterocycles. The van der Waals surface area contributed by atoms with Crippen molar-refractivity contribution >= 4 is 46.6 Å². The second kappa shape index (κ2) is 9.02. The third kappa shape index (κ3) is 5.20. The Kier molecular flexibility index (Phi) is 6.76. The van der Waals surface area contributed by atoms with Gasteiger partial charge in [-0.15, -0.1) is 11.8 Å². The Morgan fingerprint density at radius 2 is 2.07 bits per heavy atom. The number of nitro groups is 1. The van der Waals surface area contributed by atoms with Crippen LogP contribution in [0.1, 0.15) is 15.9 Å². The Morgan fingerprint density at radius 3 is 2.70 bits per heavy atom. The van der Waals surface area contributed by atoms with E-state index in [0.717, 1.165) is 6.07 Å². The summed E-state index contributed by atoms with van der Waals surface area (Å²) >= 11 is 7.00. The summed E-state index contributed by atoms with van der Waals surface area (Å²) in [7, 11) is 0. The van der Waals surface area contributed by atoms with E-state index < -0.39 is 23.4 Å². The monoisotopic (exact) mass is 405 g/mol. The lowest BCUT2D eigenvalue weighted by atomic mass is 10.2. The molecule has 2 rings (SSSR count). The molecular weight excluding hydrogens is 394 g/mol. The van der Waals surface area contributed by atoms with Gasteiger partial charge in [0.05, 0.1) is 26.6 Å². The van der Waals surface area contributed by atoms with Gasteiger partial charge in [-0.05, 0) is 36.6 Å². The molecule has 0 saturated carbocycles. The molecule has 0 aliphatic carbocycles. The molecule has 0 radical (unpaired) electrons. The van der Waals surface area contributed by atoms with Crippen molar-refractivity contribution in [3.05, 3.63) is 62.7 Å². The normalized spacial score (nSPS) is 9.96. The predicted molar refractivity (Wildman–Crippen MR) is 100.0 cm³/mol. The Balaban J connectivity index is 2.05. The minimum absolute atomic E-state index is 0.0484. The second-order valence-electron chi connectivity index (χ2n) is 5.07. The maximum atomic E-state index is 12.0. The Hall–Kier alpha value is -3.09. The van der Waals surface area contributed by atoms with Gasteiger partial charge in [0.15, 0.2) is 6.61 Å². The number of amides is 1. The van der Waals surface area contributed by atoms with Crippen molar-refractivity contribution in [1.29, 1.82) is 5.26 Å². The maximum Gasteiger partial charge on any atom is 0.338 e. The van der Waals surface area contributed by atoms with Crippen molar-refractivity contribution in [2.45, 2.75) is 4.90 Å². The highest BCUT2D eigenvalue weighted by molar-refractivity contribution is 7.98. The highest BCUT2D eigenvalue weighted by Gasteiger charge is 2.19. The molecule has 0 spiro atoms. The minimum Gasteiger partial charge on any atom is -0.452 e. The molecule has 0 aliphatic heterocycles. The third-order valence-corrected chi connectivity index (χ3v) is 4.34. The highest BCUT2D eigenvalue weighted by Crippen LogP contribution is 2.28. The van der Waals surface area contributed by atoms with E-state index in [1.54, 1.807) is 6.26 Å². The Labute approximate surface area is 163 Å². The largest absolute Gasteiger partial charge is 0.452 e. The molecule has 0 aromatic heterocycles. The summed E-state index contributed by atoms with van der Waals surface area (Å²) in [6, 6.07) is 10.1. The summed E-state index contributed by atoms with van der Waals surface area (Å²) in [5.41, 5.74) is 0.111. The number of anilines is 1. The molecule has 0 unspecified atom stereocenters. The number of hydrogen-bond acceptors (Lipinski definition) is 7. The number of nitrogens with one attached hydrogen (secondary N) is 1. The Morgan fingerprint density at radius 1 is 1.33 bits per heavy atom. The standard InChI is InChI=1S/C17H12ClN3O5S/c1-27-15-5-3-10(6-14(15)21(24)25)17(23)26-9-16(22)20-13-7-12(18)4-2-11(13)8-19/h2-7H,9H2,1H3,(H,20,22). The summed E-state index contributed by atoms with van der Waals surface area (Å²) in [5.74, 6) is -1.56. The molecule has 8 nitrogen and oxygen atoms in total. The number of nitrogens with zero attached hydrogens (tertiary/aromatic N) is 2. The van der Waals surface area contributed by atoms with Crippen LogP contribution in [-0.2, 0) is 9.53 Å². The number of esters is 1. The summed E-state index contributed by atoms with van der Waals surface area (Å²) in [6.45, 7) is -0.631. The number of hydrogen-bond donors (Lipinski definition) is 1. The van der Waals surface area contributed by atoms with E-state index in [1.807, 2.05) is 6.07 Å². The molecule has 0 bridgehead atoms. The second-order valence-corrected chi connectivity index (χ2v) is 6.35. The molecule has 0 fully saturated rings. The van der Waals surface area contributed by atoms with Gasteiger partial charge in [0.1, 0.15) is 6.07 Å². The average molecular weight is 406 g/mol. The lowest BCUT2D eigenvalue weighted by Gasteiger charge is -2.09. The smallest absolute Gasteiger partial charge is 0.338 e. The number of nitriles is 1. The molecule has 1 amide bonds. The van der Waals surface area contributed by atoms with Gasteiger partial charge >= 0.3 is 5.97 Å². The van der Waals surface area contributed by atoms with Gasteiger partial charge in [0.2, 0.25) is 0 Å². The van der Waals surface area contributed by atoms with Crippen LogP contribution >= 0.6 is 23.4 Å². The van der Waals surface area contributed by atoms with E-state index in [4.69, 9.17) is 21.6 Å². The van der Waals surface area contributed by atoms with Gasteiger partial charge in [-0.25, -0.2) is 4.79 Å². The van der Waals surface area contributed by atoms with Gasteiger partial charge in [-0.1, -0.05) is 11.6 Å². The van der Waals surface area contributed by atoms with Gasteiger partial charge in [0, 0.05) is 11.1 Å². The SMILES string of the molecule is CSc1ccc(C(=O)OCC(=O)Nc2cc(Cl)ccc2C#N)cc1[N+](=O)[O-]. The predicted octanol–water partition coefficient (Wildman–Crippen LogP) is 3.64. The van der Waals surface area contributed by atoms with Crippen LogP contribution < -0.4 is 5.32 Å². The van der Waals surface area contributed by atoms with Gasteiger partial charge in [0.25, 0.3) is 11.6 Å². The van der Waals surface area contributed by atoms with Crippen molar-refractivity contribution in [2.24, 2.45) is 0 Å². The van der Waals surface area contributed by atoms with Crippen LogP contribution in [0.3, 0.4) is 0 Å². The summed E-state index contributed by atoms with van der Waals surface area (Å²) in [5, 5.41) is 22.8. The van der Waals surface area contributed by atoms with E-state index in [1.165, 1.54) is 42.1 Å². The lowest BCUT2D eigenvalue weighted by molar-refractivity contribution is -0.387. The number of benzene rings is 2. The van der Waals surface area contributed by atoms with Crippen LogP contribution in [0.5, 0.6) is 0 Å². The summed E-state index contributed by atoms with van der Waals surface area (Å²) < 4.78 is 4.88. The zero-order valence-corrected chi connectivity index (χ0v) is 15.5. The third-order valence-electron chi connectivity index (χ3n) is 3.32. The van der Waals surface area contributed by atoms with Crippen molar-refractivity contribution in [1.82, 2.24) is 0 Å². The zero-order chi connectivity index (χ0) is 20.0. The molecule has 27 heavy (non-hydrogen) atoms. The maximum absolute atomic E-state index is 12.0. The van der Waals surface area contributed by atoms with Crippen molar-refractivity contribution in [3.63, 3.8) is 0 Å². The van der Waals surface area contributed by atoms with E-state index in [-0.39, 0.29) is 22.5 Å². The first-order chi connectivity index (χ1) is 12.8. The van der Waals surface area contributed by atoms with E-state index in [0.29, 0.717) is 9.92 Å². The van der Waals surface area contributed by atoms with E-state index in [9.17, 15) is 19.7 Å². The molecular formula is C17H12ClN3O5S. The number of halogens is 1. The number of rotatable bonds is 6. The van der Waals surface area contributed by atoms with Crippen molar-refractivity contribution in [2.75, 3.05) is 18.2 Å². The topological polar surface area (TPSA) is 122 Å². The van der Waals surface area contributed by atoms with Crippen molar-refractivity contribution < 1.29 is 19.2 Å². The number of thioether (sulfide) groups is 1. The lowest BCUT2D eigenvalue weighted by Crippen LogP contribution is -2.21. The zero-order valence-electron chi connectivity index (χ0n) is 13.9. The number of ether oxygens (including phenoxy) is 1. The quantitative estimate of drug-likeness (QED) is 0.337. The van der Waals surface area contributed by atoms with Gasteiger partial charge in [-0.2, -0.15) is 5.26 Å². The fourth-order valence-corrected chi connectivity index (χ4v) is 2.80. The fourth-order valence-electron chi connectivity index (χ4n) is 2.08. The first kappa shape index (κ1) is 20.2. The molecule has 2 aromatic rings. The van der Waals surface area contributed by atoms with Gasteiger partial charge < -0.3 is 10.1 Å². The highest BCUT2D eigenvalue weighted by atomic mass is 35.5. The van der Waals surface area contributed by atoms with Crippen LogP contribution in [0.15, 0.2) is 41.3 Å². The molecule has 138 valence electrons. The molecule has 10 heteroatoms. The van der Waals surface area contributed by atoms with Crippen molar-refractivity contribution in [3.8, 4) is 6.07 Å². The summed E-state index contributed by atoms with van der Waals surface area (Å²) in [6.07, 6.45) is 1.68. The van der Waals surface area contributed by atoms with Crippen LogP contribution in [0.4, 0.5) is 11.4 Å². The van der Waals surface area contributed by atoms with E-state index >= 15 is 0 Å². The van der Waals surface area contributed by atoms with Crippen LogP contribution in [0.2, 0.25) is 5.02 Å². The Bertz CT molecular complexity index is 958. The molecule has 0 aliphatic rings.